The summed E-state index contributed by atoms with van der Waals surface area (Å²) in [6.07, 6.45) is 0.164. The third kappa shape index (κ3) is 5.61. The number of nitrogens with one attached hydrogen (secondary N) is 2. The second-order valence-electron chi connectivity index (χ2n) is 6.18. The Morgan fingerprint density at radius 1 is 1.04 bits per heavy atom. The van der Waals surface area contributed by atoms with E-state index in [2.05, 4.69) is 10.6 Å². The lowest BCUT2D eigenvalue weighted by Gasteiger charge is -2.21. The number of hydrogen-bond acceptors (Lipinski definition) is 2. The molecule has 25 heavy (non-hydrogen) atoms. The minimum absolute atomic E-state index is 0.147. The van der Waals surface area contributed by atoms with E-state index in [1.807, 2.05) is 56.3 Å². The largest absolute Gasteiger partial charge is 0.349 e. The van der Waals surface area contributed by atoms with Crippen molar-refractivity contribution in [2.45, 2.75) is 39.3 Å². The van der Waals surface area contributed by atoms with Gasteiger partial charge in [-0.25, -0.2) is 0 Å². The number of amides is 2. The first kappa shape index (κ1) is 19.0. The molecule has 0 aliphatic heterocycles. The highest BCUT2D eigenvalue weighted by molar-refractivity contribution is 6.31. The van der Waals surface area contributed by atoms with Crippen LogP contribution >= 0.6 is 11.6 Å². The predicted octanol–water partition coefficient (Wildman–Crippen LogP) is 4.09. The summed E-state index contributed by atoms with van der Waals surface area (Å²) in [6.45, 7) is 5.33. The first-order valence-electron chi connectivity index (χ1n) is 8.24. The average Bonchev–Trinajstić information content (AvgIpc) is 2.54. The van der Waals surface area contributed by atoms with Crippen molar-refractivity contribution in [3.8, 4) is 0 Å². The molecule has 2 rings (SSSR count). The zero-order valence-corrected chi connectivity index (χ0v) is 15.4. The lowest BCUT2D eigenvalue weighted by Crippen LogP contribution is -2.33. The summed E-state index contributed by atoms with van der Waals surface area (Å²) in [5.74, 6) is -0.315. The normalized spacial score (nSPS) is 13.0. The Hall–Kier alpha value is -2.33. The number of carbonyl (C=O) groups excluding carboxylic acids is 2. The van der Waals surface area contributed by atoms with Gasteiger partial charge in [-0.05, 0) is 31.0 Å². The molecule has 2 aromatic rings. The van der Waals surface area contributed by atoms with Gasteiger partial charge >= 0.3 is 0 Å². The summed E-state index contributed by atoms with van der Waals surface area (Å²) in [5.41, 5.74) is 2.90. The third-order valence-electron chi connectivity index (χ3n) is 4.00. The first-order valence-corrected chi connectivity index (χ1v) is 8.62. The van der Waals surface area contributed by atoms with Crippen LogP contribution in [0.25, 0.3) is 0 Å². The molecular formula is C20H23ClN2O2. The summed E-state index contributed by atoms with van der Waals surface area (Å²) in [4.78, 5) is 24.0. The number of halogens is 1. The minimum atomic E-state index is -0.364. The van der Waals surface area contributed by atoms with Crippen LogP contribution in [0.4, 0.5) is 0 Å². The summed E-state index contributed by atoms with van der Waals surface area (Å²) in [5, 5.41) is 6.41. The number of hydrogen-bond donors (Lipinski definition) is 2. The van der Waals surface area contributed by atoms with Crippen LogP contribution in [-0.4, -0.2) is 11.8 Å². The molecule has 0 bridgehead atoms. The first-order chi connectivity index (χ1) is 11.9. The van der Waals surface area contributed by atoms with E-state index in [1.54, 1.807) is 6.07 Å². The molecule has 0 aliphatic rings. The zero-order valence-electron chi connectivity index (χ0n) is 14.7. The van der Waals surface area contributed by atoms with Gasteiger partial charge in [0.15, 0.2) is 0 Å². The second kappa shape index (κ2) is 8.67. The van der Waals surface area contributed by atoms with Crippen molar-refractivity contribution in [2.24, 2.45) is 0 Å². The van der Waals surface area contributed by atoms with Crippen LogP contribution in [0.2, 0.25) is 5.02 Å². The Labute approximate surface area is 153 Å². The maximum absolute atomic E-state index is 12.5. The molecule has 0 fully saturated rings. The van der Waals surface area contributed by atoms with Crippen molar-refractivity contribution in [3.63, 3.8) is 0 Å². The monoisotopic (exact) mass is 358 g/mol. The fraction of sp³-hybridized carbons (Fsp3) is 0.300. The van der Waals surface area contributed by atoms with Gasteiger partial charge in [-0.1, -0.05) is 59.6 Å². The smallest absolute Gasteiger partial charge is 0.222 e. The average molecular weight is 359 g/mol. The second-order valence-corrected chi connectivity index (χ2v) is 6.59. The van der Waals surface area contributed by atoms with Gasteiger partial charge < -0.3 is 10.6 Å². The van der Waals surface area contributed by atoms with Gasteiger partial charge in [-0.3, -0.25) is 9.59 Å². The molecule has 0 saturated heterocycles. The maximum atomic E-state index is 12.5. The molecule has 2 amide bonds. The lowest BCUT2D eigenvalue weighted by molar-refractivity contribution is -0.123. The molecule has 0 aromatic heterocycles. The number of rotatable bonds is 6. The molecular weight excluding hydrogens is 336 g/mol. The van der Waals surface area contributed by atoms with Gasteiger partial charge in [-0.15, -0.1) is 0 Å². The van der Waals surface area contributed by atoms with E-state index in [0.717, 1.165) is 16.7 Å². The molecule has 0 saturated carbocycles. The zero-order chi connectivity index (χ0) is 18.4. The Balaban J connectivity index is 2.07. The standard InChI is InChI=1S/C20H23ClN2O2/c1-13-8-10-16(11-9-13)19(23-15(3)24)12-20(25)22-14(2)17-6-4-5-7-18(17)21/h4-11,14,19H,12H2,1-3H3,(H,22,25)(H,23,24). The Morgan fingerprint density at radius 3 is 2.28 bits per heavy atom. The van der Waals surface area contributed by atoms with E-state index < -0.39 is 0 Å². The minimum Gasteiger partial charge on any atom is -0.349 e. The van der Waals surface area contributed by atoms with Gasteiger partial charge in [0.05, 0.1) is 18.5 Å². The topological polar surface area (TPSA) is 58.2 Å². The van der Waals surface area contributed by atoms with Crippen LogP contribution in [-0.2, 0) is 9.59 Å². The van der Waals surface area contributed by atoms with Crippen LogP contribution in [0.5, 0.6) is 0 Å². The molecule has 2 atom stereocenters. The number of aryl methyl sites for hydroxylation is 1. The maximum Gasteiger partial charge on any atom is 0.222 e. The molecule has 0 heterocycles. The van der Waals surface area contributed by atoms with E-state index in [1.165, 1.54) is 6.92 Å². The third-order valence-corrected chi connectivity index (χ3v) is 4.34. The van der Waals surface area contributed by atoms with Crippen molar-refractivity contribution in [3.05, 3.63) is 70.2 Å². The van der Waals surface area contributed by atoms with Crippen molar-refractivity contribution in [1.29, 1.82) is 0 Å². The summed E-state index contributed by atoms with van der Waals surface area (Å²) in [7, 11) is 0. The Bertz CT molecular complexity index is 744. The summed E-state index contributed by atoms with van der Waals surface area (Å²) < 4.78 is 0. The van der Waals surface area contributed by atoms with Crippen LogP contribution in [0.3, 0.4) is 0 Å². The van der Waals surface area contributed by atoms with E-state index >= 15 is 0 Å². The highest BCUT2D eigenvalue weighted by Crippen LogP contribution is 2.23. The van der Waals surface area contributed by atoms with Crippen molar-refractivity contribution in [1.82, 2.24) is 10.6 Å². The van der Waals surface area contributed by atoms with E-state index in [0.29, 0.717) is 5.02 Å². The molecule has 2 N–H and O–H groups in total. The highest BCUT2D eigenvalue weighted by atomic mass is 35.5. The van der Waals surface area contributed by atoms with Crippen LogP contribution in [0.15, 0.2) is 48.5 Å². The summed E-state index contributed by atoms with van der Waals surface area (Å²) >= 11 is 6.18. The fourth-order valence-corrected chi connectivity index (χ4v) is 2.99. The number of carbonyl (C=O) groups is 2. The fourth-order valence-electron chi connectivity index (χ4n) is 2.69. The molecule has 2 unspecified atom stereocenters. The van der Waals surface area contributed by atoms with Crippen LogP contribution < -0.4 is 10.6 Å². The van der Waals surface area contributed by atoms with Gasteiger partial charge in [0, 0.05) is 11.9 Å². The lowest BCUT2D eigenvalue weighted by atomic mass is 10.0. The highest BCUT2D eigenvalue weighted by Gasteiger charge is 2.19. The van der Waals surface area contributed by atoms with Crippen molar-refractivity contribution >= 4 is 23.4 Å². The molecule has 0 spiro atoms. The SMILES string of the molecule is CC(=O)NC(CC(=O)NC(C)c1ccccc1Cl)c1ccc(C)cc1. The van der Waals surface area contributed by atoms with E-state index in [4.69, 9.17) is 11.6 Å². The molecule has 5 heteroatoms. The molecule has 0 radical (unpaired) electrons. The van der Waals surface area contributed by atoms with E-state index in [-0.39, 0.29) is 30.3 Å². The van der Waals surface area contributed by atoms with Crippen LogP contribution in [0, 0.1) is 6.92 Å². The van der Waals surface area contributed by atoms with Crippen molar-refractivity contribution < 1.29 is 9.59 Å². The number of benzene rings is 2. The van der Waals surface area contributed by atoms with Gasteiger partial charge in [0.2, 0.25) is 11.8 Å². The molecule has 132 valence electrons. The summed E-state index contributed by atoms with van der Waals surface area (Å²) in [6, 6.07) is 14.6. The molecule has 0 aliphatic carbocycles. The Kier molecular flexibility index (Phi) is 6.59. The van der Waals surface area contributed by atoms with Gasteiger partial charge in [-0.2, -0.15) is 0 Å². The van der Waals surface area contributed by atoms with Crippen LogP contribution in [0.1, 0.15) is 49.0 Å². The quantitative estimate of drug-likeness (QED) is 0.817. The van der Waals surface area contributed by atoms with Gasteiger partial charge in [0.1, 0.15) is 0 Å². The van der Waals surface area contributed by atoms with Crippen molar-refractivity contribution in [2.75, 3.05) is 0 Å². The predicted molar refractivity (Wildman–Crippen MR) is 100 cm³/mol. The molecule has 4 nitrogen and oxygen atoms in total. The molecule has 2 aromatic carbocycles. The Morgan fingerprint density at radius 2 is 1.68 bits per heavy atom. The van der Waals surface area contributed by atoms with Gasteiger partial charge in [0.25, 0.3) is 0 Å². The van der Waals surface area contributed by atoms with E-state index in [9.17, 15) is 9.59 Å².